The molecule has 1 N–H and O–H groups in total. The molecule has 106 valence electrons. The Hall–Kier alpha value is -1.09. The van der Waals surface area contributed by atoms with Gasteiger partial charge in [-0.3, -0.25) is 0 Å². The maximum absolute atomic E-state index is 14.0. The molecule has 1 fully saturated rings. The van der Waals surface area contributed by atoms with Gasteiger partial charge in [0.25, 0.3) is 0 Å². The fraction of sp³-hybridized carbons (Fsp3) is 0.625. The standard InChI is InChI=1S/C16H25FN2/c1-12(2)18-10-14-15(17)8-5-9-16(14)19(3)11-13-6-4-7-13/h5,8-9,12-13,18H,4,6-7,10-11H2,1-3H3. The van der Waals surface area contributed by atoms with Gasteiger partial charge in [0, 0.05) is 37.4 Å². The number of anilines is 1. The van der Waals surface area contributed by atoms with Crippen LogP contribution in [0, 0.1) is 11.7 Å². The number of rotatable bonds is 6. The molecule has 0 radical (unpaired) electrons. The summed E-state index contributed by atoms with van der Waals surface area (Å²) in [4.78, 5) is 2.21. The molecule has 3 heteroatoms. The minimum absolute atomic E-state index is 0.105. The van der Waals surface area contributed by atoms with E-state index in [9.17, 15) is 4.39 Å². The van der Waals surface area contributed by atoms with Gasteiger partial charge in [0.15, 0.2) is 0 Å². The summed E-state index contributed by atoms with van der Waals surface area (Å²) < 4.78 is 14.0. The molecule has 1 aliphatic rings. The highest BCUT2D eigenvalue weighted by Crippen LogP contribution is 2.30. The van der Waals surface area contributed by atoms with Gasteiger partial charge in [-0.25, -0.2) is 4.39 Å². The zero-order valence-electron chi connectivity index (χ0n) is 12.2. The molecule has 0 atom stereocenters. The predicted octanol–water partition coefficient (Wildman–Crippen LogP) is 3.56. The first kappa shape index (κ1) is 14.3. The molecule has 1 aromatic carbocycles. The van der Waals surface area contributed by atoms with E-state index in [1.165, 1.54) is 19.3 Å². The zero-order chi connectivity index (χ0) is 13.8. The maximum atomic E-state index is 14.0. The van der Waals surface area contributed by atoms with E-state index in [1.54, 1.807) is 12.1 Å². The van der Waals surface area contributed by atoms with E-state index >= 15 is 0 Å². The molecule has 1 saturated carbocycles. The van der Waals surface area contributed by atoms with Gasteiger partial charge < -0.3 is 10.2 Å². The minimum atomic E-state index is -0.105. The third kappa shape index (κ3) is 3.69. The first-order valence-electron chi connectivity index (χ1n) is 7.30. The van der Waals surface area contributed by atoms with Crippen LogP contribution < -0.4 is 10.2 Å². The third-order valence-corrected chi connectivity index (χ3v) is 3.95. The van der Waals surface area contributed by atoms with Crippen molar-refractivity contribution in [3.05, 3.63) is 29.6 Å². The van der Waals surface area contributed by atoms with Crippen molar-refractivity contribution in [3.8, 4) is 0 Å². The van der Waals surface area contributed by atoms with E-state index in [4.69, 9.17) is 0 Å². The number of benzene rings is 1. The monoisotopic (exact) mass is 264 g/mol. The summed E-state index contributed by atoms with van der Waals surface area (Å²) in [6.07, 6.45) is 3.99. The first-order chi connectivity index (χ1) is 9.08. The lowest BCUT2D eigenvalue weighted by Crippen LogP contribution is -2.31. The van der Waals surface area contributed by atoms with Gasteiger partial charge in [-0.2, -0.15) is 0 Å². The van der Waals surface area contributed by atoms with Crippen LogP contribution in [0.25, 0.3) is 0 Å². The van der Waals surface area contributed by atoms with Crippen LogP contribution in [0.1, 0.15) is 38.7 Å². The molecule has 0 heterocycles. The smallest absolute Gasteiger partial charge is 0.129 e. The lowest BCUT2D eigenvalue weighted by Gasteiger charge is -2.32. The molecular formula is C16H25FN2. The Balaban J connectivity index is 2.10. The third-order valence-electron chi connectivity index (χ3n) is 3.95. The minimum Gasteiger partial charge on any atom is -0.374 e. The summed E-state index contributed by atoms with van der Waals surface area (Å²) in [5.41, 5.74) is 1.82. The van der Waals surface area contributed by atoms with Gasteiger partial charge in [0.05, 0.1) is 0 Å². The van der Waals surface area contributed by atoms with Crippen molar-refractivity contribution >= 4 is 5.69 Å². The van der Waals surface area contributed by atoms with Crippen molar-refractivity contribution < 1.29 is 4.39 Å². The highest BCUT2D eigenvalue weighted by molar-refractivity contribution is 5.53. The second-order valence-electron chi connectivity index (χ2n) is 5.95. The van der Waals surface area contributed by atoms with Crippen molar-refractivity contribution in [2.75, 3.05) is 18.5 Å². The van der Waals surface area contributed by atoms with Crippen molar-refractivity contribution in [2.24, 2.45) is 5.92 Å². The van der Waals surface area contributed by atoms with Crippen molar-refractivity contribution in [3.63, 3.8) is 0 Å². The molecule has 0 saturated heterocycles. The molecule has 0 amide bonds. The summed E-state index contributed by atoms with van der Waals surface area (Å²) in [6.45, 7) is 5.80. The van der Waals surface area contributed by atoms with E-state index in [2.05, 4.69) is 31.1 Å². The largest absolute Gasteiger partial charge is 0.374 e. The van der Waals surface area contributed by atoms with Crippen molar-refractivity contribution in [1.29, 1.82) is 0 Å². The highest BCUT2D eigenvalue weighted by atomic mass is 19.1. The molecule has 0 aromatic heterocycles. The van der Waals surface area contributed by atoms with Crippen LogP contribution >= 0.6 is 0 Å². The Morgan fingerprint density at radius 1 is 1.37 bits per heavy atom. The van der Waals surface area contributed by atoms with Gasteiger partial charge in [0.1, 0.15) is 5.82 Å². The molecule has 0 aliphatic heterocycles. The fourth-order valence-electron chi connectivity index (χ4n) is 2.55. The molecule has 0 unspecified atom stereocenters. The molecule has 0 bridgehead atoms. The van der Waals surface area contributed by atoms with Gasteiger partial charge in [-0.15, -0.1) is 0 Å². The van der Waals surface area contributed by atoms with E-state index in [0.717, 1.165) is 23.7 Å². The SMILES string of the molecule is CC(C)NCc1c(F)cccc1N(C)CC1CCC1. The average Bonchev–Trinajstić information content (AvgIpc) is 2.31. The Kier molecular flexibility index (Phi) is 4.81. The van der Waals surface area contributed by atoms with E-state index in [0.29, 0.717) is 12.6 Å². The van der Waals surface area contributed by atoms with Crippen LogP contribution in [0.5, 0.6) is 0 Å². The van der Waals surface area contributed by atoms with Crippen molar-refractivity contribution in [2.45, 2.75) is 45.7 Å². The summed E-state index contributed by atoms with van der Waals surface area (Å²) in [5, 5.41) is 3.31. The maximum Gasteiger partial charge on any atom is 0.129 e. The summed E-state index contributed by atoms with van der Waals surface area (Å²) in [6, 6.07) is 5.75. The van der Waals surface area contributed by atoms with Gasteiger partial charge in [-0.05, 0) is 30.9 Å². The summed E-state index contributed by atoms with van der Waals surface area (Å²) in [7, 11) is 2.08. The van der Waals surface area contributed by atoms with Crippen LogP contribution in [-0.2, 0) is 6.54 Å². The van der Waals surface area contributed by atoms with Crippen LogP contribution in [0.4, 0.5) is 10.1 Å². The van der Waals surface area contributed by atoms with Crippen LogP contribution in [-0.4, -0.2) is 19.6 Å². The van der Waals surface area contributed by atoms with Gasteiger partial charge >= 0.3 is 0 Å². The topological polar surface area (TPSA) is 15.3 Å². The highest BCUT2D eigenvalue weighted by Gasteiger charge is 2.21. The Morgan fingerprint density at radius 2 is 2.11 bits per heavy atom. The number of nitrogens with one attached hydrogen (secondary N) is 1. The van der Waals surface area contributed by atoms with Crippen LogP contribution in [0.15, 0.2) is 18.2 Å². The first-order valence-corrected chi connectivity index (χ1v) is 7.30. The van der Waals surface area contributed by atoms with E-state index in [-0.39, 0.29) is 5.82 Å². The summed E-state index contributed by atoms with van der Waals surface area (Å²) >= 11 is 0. The zero-order valence-corrected chi connectivity index (χ0v) is 12.2. The van der Waals surface area contributed by atoms with E-state index in [1.807, 2.05) is 6.07 Å². The predicted molar refractivity (Wildman–Crippen MR) is 79.0 cm³/mol. The molecule has 0 spiro atoms. The number of halogens is 1. The Labute approximate surface area is 116 Å². The Morgan fingerprint density at radius 3 is 2.68 bits per heavy atom. The lowest BCUT2D eigenvalue weighted by molar-refractivity contribution is 0.321. The lowest BCUT2D eigenvalue weighted by atomic mass is 9.85. The summed E-state index contributed by atoms with van der Waals surface area (Å²) in [5.74, 6) is 0.685. The quantitative estimate of drug-likeness (QED) is 0.845. The molecule has 19 heavy (non-hydrogen) atoms. The van der Waals surface area contributed by atoms with Crippen LogP contribution in [0.2, 0.25) is 0 Å². The average molecular weight is 264 g/mol. The van der Waals surface area contributed by atoms with E-state index < -0.39 is 0 Å². The second-order valence-corrected chi connectivity index (χ2v) is 5.95. The molecule has 2 rings (SSSR count). The molecule has 1 aliphatic carbocycles. The van der Waals surface area contributed by atoms with Crippen LogP contribution in [0.3, 0.4) is 0 Å². The van der Waals surface area contributed by atoms with Gasteiger partial charge in [-0.1, -0.05) is 26.3 Å². The Bertz CT molecular complexity index is 413. The fourth-order valence-corrected chi connectivity index (χ4v) is 2.55. The number of nitrogens with zero attached hydrogens (tertiary/aromatic N) is 1. The van der Waals surface area contributed by atoms with Gasteiger partial charge in [0.2, 0.25) is 0 Å². The number of hydrogen-bond acceptors (Lipinski definition) is 2. The number of hydrogen-bond donors (Lipinski definition) is 1. The molecule has 2 nitrogen and oxygen atoms in total. The molecule has 1 aromatic rings. The second kappa shape index (κ2) is 6.38. The van der Waals surface area contributed by atoms with Crippen molar-refractivity contribution in [1.82, 2.24) is 5.32 Å². The normalized spacial score (nSPS) is 15.6. The molecular weight excluding hydrogens is 239 g/mol.